The number of carbonyl (C=O) groups excluding carboxylic acids is 1. The van der Waals surface area contributed by atoms with E-state index in [1.807, 2.05) is 41.9 Å². The van der Waals surface area contributed by atoms with Gasteiger partial charge in [-0.15, -0.1) is 5.10 Å². The molecule has 3 aromatic heterocycles. The average Bonchev–Trinajstić information content (AvgIpc) is 3.14. The first kappa shape index (κ1) is 18.2. The molecule has 0 saturated heterocycles. The molecule has 0 unspecified atom stereocenters. The van der Waals surface area contributed by atoms with Gasteiger partial charge in [-0.25, -0.2) is 14.3 Å². The van der Waals surface area contributed by atoms with Gasteiger partial charge in [-0.1, -0.05) is 0 Å². The molecule has 1 amide bonds. The van der Waals surface area contributed by atoms with E-state index >= 15 is 0 Å². The van der Waals surface area contributed by atoms with Crippen LogP contribution in [0, 0.1) is 0 Å². The lowest BCUT2D eigenvalue weighted by Gasteiger charge is -2.29. The minimum atomic E-state index is -0.324. The number of alkyl carbamates (subject to hydrolysis) is 1. The van der Waals surface area contributed by atoms with E-state index in [9.17, 15) is 4.79 Å². The third kappa shape index (κ3) is 4.05. The summed E-state index contributed by atoms with van der Waals surface area (Å²) in [6, 6.07) is 8.12. The summed E-state index contributed by atoms with van der Waals surface area (Å²) in [6.45, 7) is 2.46. The van der Waals surface area contributed by atoms with Gasteiger partial charge in [0.05, 0.1) is 11.9 Å². The van der Waals surface area contributed by atoms with Crippen molar-refractivity contribution in [3.63, 3.8) is 0 Å². The molecule has 0 atom stereocenters. The highest BCUT2D eigenvalue weighted by atomic mass is 16.6. The summed E-state index contributed by atoms with van der Waals surface area (Å²) in [6.07, 6.45) is 8.59. The molecule has 1 fully saturated rings. The fourth-order valence-corrected chi connectivity index (χ4v) is 3.54. The molecule has 3 aromatic rings. The number of hydrogen-bond donors (Lipinski definition) is 2. The maximum absolute atomic E-state index is 11.6. The van der Waals surface area contributed by atoms with Crippen LogP contribution >= 0.6 is 0 Å². The number of nitrogens with zero attached hydrogens (tertiary/aromatic N) is 4. The van der Waals surface area contributed by atoms with Gasteiger partial charge in [-0.05, 0) is 56.9 Å². The number of amides is 1. The molecule has 1 aliphatic rings. The van der Waals surface area contributed by atoms with Crippen molar-refractivity contribution in [1.29, 1.82) is 0 Å². The second-order valence-corrected chi connectivity index (χ2v) is 6.92. The molecule has 1 saturated carbocycles. The number of rotatable bonds is 5. The van der Waals surface area contributed by atoms with Crippen LogP contribution in [0.2, 0.25) is 0 Å². The smallest absolute Gasteiger partial charge is 0.407 e. The molecule has 146 valence electrons. The number of imidazole rings is 1. The van der Waals surface area contributed by atoms with E-state index < -0.39 is 0 Å². The van der Waals surface area contributed by atoms with Crippen LogP contribution in [0.15, 0.2) is 42.9 Å². The van der Waals surface area contributed by atoms with Crippen LogP contribution < -0.4 is 10.6 Å². The van der Waals surface area contributed by atoms with Gasteiger partial charge in [0.2, 0.25) is 0 Å². The van der Waals surface area contributed by atoms with Crippen molar-refractivity contribution in [2.75, 3.05) is 11.9 Å². The molecule has 0 radical (unpaired) electrons. The van der Waals surface area contributed by atoms with Crippen LogP contribution in [-0.2, 0) is 4.74 Å². The highest BCUT2D eigenvalue weighted by Crippen LogP contribution is 2.25. The Morgan fingerprint density at radius 2 is 1.96 bits per heavy atom. The maximum atomic E-state index is 11.6. The SMILES string of the molecule is CCNC(=O)O[C@H]1CC[C@H](Nc2ccc3ncc(-c4ccncc4)n3n2)CC1. The largest absolute Gasteiger partial charge is 0.446 e. The molecule has 0 spiro atoms. The molecular formula is C20H24N6O2. The van der Waals surface area contributed by atoms with E-state index in [-0.39, 0.29) is 12.2 Å². The Labute approximate surface area is 163 Å². The van der Waals surface area contributed by atoms with Gasteiger partial charge >= 0.3 is 6.09 Å². The summed E-state index contributed by atoms with van der Waals surface area (Å²) in [5, 5.41) is 10.9. The third-order valence-electron chi connectivity index (χ3n) is 4.96. The van der Waals surface area contributed by atoms with Crippen LogP contribution in [0.3, 0.4) is 0 Å². The third-order valence-corrected chi connectivity index (χ3v) is 4.96. The lowest BCUT2D eigenvalue weighted by Crippen LogP contribution is -2.34. The Bertz CT molecular complexity index is 934. The molecule has 3 heterocycles. The molecule has 0 bridgehead atoms. The van der Waals surface area contributed by atoms with Crippen LogP contribution in [0.25, 0.3) is 16.9 Å². The second kappa shape index (κ2) is 8.24. The fourth-order valence-electron chi connectivity index (χ4n) is 3.54. The molecule has 4 rings (SSSR count). The summed E-state index contributed by atoms with van der Waals surface area (Å²) in [5.74, 6) is 0.814. The summed E-state index contributed by atoms with van der Waals surface area (Å²) in [5.41, 5.74) is 2.76. The van der Waals surface area contributed by atoms with E-state index in [1.54, 1.807) is 12.4 Å². The summed E-state index contributed by atoms with van der Waals surface area (Å²) < 4.78 is 7.28. The number of ether oxygens (including phenoxy) is 1. The number of aromatic nitrogens is 4. The first-order chi connectivity index (χ1) is 13.7. The van der Waals surface area contributed by atoms with Crippen LogP contribution in [0.1, 0.15) is 32.6 Å². The highest BCUT2D eigenvalue weighted by Gasteiger charge is 2.24. The number of hydrogen-bond acceptors (Lipinski definition) is 6. The fraction of sp³-hybridized carbons (Fsp3) is 0.400. The molecular weight excluding hydrogens is 356 g/mol. The number of anilines is 1. The van der Waals surface area contributed by atoms with Crippen molar-refractivity contribution >= 4 is 17.6 Å². The van der Waals surface area contributed by atoms with E-state index in [4.69, 9.17) is 9.84 Å². The predicted molar refractivity (Wildman–Crippen MR) is 106 cm³/mol. The molecule has 1 aliphatic carbocycles. The van der Waals surface area contributed by atoms with Gasteiger partial charge in [-0.2, -0.15) is 0 Å². The lowest BCUT2D eigenvalue weighted by atomic mass is 9.93. The molecule has 0 aliphatic heterocycles. The minimum Gasteiger partial charge on any atom is -0.446 e. The molecule has 0 aromatic carbocycles. The number of carbonyl (C=O) groups is 1. The Morgan fingerprint density at radius 1 is 1.18 bits per heavy atom. The number of nitrogens with one attached hydrogen (secondary N) is 2. The highest BCUT2D eigenvalue weighted by molar-refractivity contribution is 5.67. The van der Waals surface area contributed by atoms with Gasteiger partial charge in [-0.3, -0.25) is 4.98 Å². The van der Waals surface area contributed by atoms with Gasteiger partial charge < -0.3 is 15.4 Å². The second-order valence-electron chi connectivity index (χ2n) is 6.92. The summed E-state index contributed by atoms with van der Waals surface area (Å²) >= 11 is 0. The van der Waals surface area contributed by atoms with E-state index in [0.29, 0.717) is 12.6 Å². The van der Waals surface area contributed by atoms with Crippen molar-refractivity contribution < 1.29 is 9.53 Å². The Morgan fingerprint density at radius 3 is 2.71 bits per heavy atom. The van der Waals surface area contributed by atoms with Crippen LogP contribution in [0.4, 0.5) is 10.6 Å². The van der Waals surface area contributed by atoms with Crippen molar-refractivity contribution in [3.05, 3.63) is 42.9 Å². The van der Waals surface area contributed by atoms with E-state index in [2.05, 4.69) is 20.6 Å². The van der Waals surface area contributed by atoms with Gasteiger partial charge in [0.1, 0.15) is 11.9 Å². The minimum absolute atomic E-state index is 0.00743. The van der Waals surface area contributed by atoms with E-state index in [1.165, 1.54) is 0 Å². The molecule has 2 N–H and O–H groups in total. The lowest BCUT2D eigenvalue weighted by molar-refractivity contribution is 0.0736. The zero-order valence-corrected chi connectivity index (χ0v) is 15.8. The average molecular weight is 380 g/mol. The van der Waals surface area contributed by atoms with Crippen LogP contribution in [0.5, 0.6) is 0 Å². The van der Waals surface area contributed by atoms with Gasteiger partial charge in [0, 0.05) is 30.5 Å². The van der Waals surface area contributed by atoms with Crippen molar-refractivity contribution in [3.8, 4) is 11.3 Å². The molecule has 8 nitrogen and oxygen atoms in total. The number of fused-ring (bicyclic) bond motifs is 1. The first-order valence-electron chi connectivity index (χ1n) is 9.69. The monoisotopic (exact) mass is 380 g/mol. The summed E-state index contributed by atoms with van der Waals surface area (Å²) in [7, 11) is 0. The Kier molecular flexibility index (Phi) is 5.36. The standard InChI is InChI=1S/C20H24N6O2/c1-2-22-20(27)28-16-5-3-15(4-6-16)24-18-7-8-19-23-13-17(26(19)25-18)14-9-11-21-12-10-14/h7-13,15-16H,2-6H2,1H3,(H,22,27)(H,24,25)/t15-,16-. The van der Waals surface area contributed by atoms with E-state index in [0.717, 1.165) is 48.4 Å². The summed E-state index contributed by atoms with van der Waals surface area (Å²) in [4.78, 5) is 20.1. The Hall–Kier alpha value is -3.16. The van der Waals surface area contributed by atoms with Gasteiger partial charge in [0.15, 0.2) is 5.65 Å². The van der Waals surface area contributed by atoms with Crippen molar-refractivity contribution in [1.82, 2.24) is 24.9 Å². The molecule has 8 heteroatoms. The zero-order valence-electron chi connectivity index (χ0n) is 15.8. The molecule has 28 heavy (non-hydrogen) atoms. The Balaban J connectivity index is 1.41. The number of pyridine rings is 1. The predicted octanol–water partition coefficient (Wildman–Crippen LogP) is 3.26. The maximum Gasteiger partial charge on any atom is 0.407 e. The normalized spacial score (nSPS) is 19.3. The van der Waals surface area contributed by atoms with Gasteiger partial charge in [0.25, 0.3) is 0 Å². The quantitative estimate of drug-likeness (QED) is 0.706. The topological polar surface area (TPSA) is 93.4 Å². The van der Waals surface area contributed by atoms with Crippen molar-refractivity contribution in [2.45, 2.75) is 44.8 Å². The zero-order chi connectivity index (χ0) is 19.3. The van der Waals surface area contributed by atoms with Crippen LogP contribution in [-0.4, -0.2) is 44.4 Å². The van der Waals surface area contributed by atoms with Crippen molar-refractivity contribution in [2.24, 2.45) is 0 Å². The first-order valence-corrected chi connectivity index (χ1v) is 9.69.